The Morgan fingerprint density at radius 2 is 2.10 bits per heavy atom. The van der Waals surface area contributed by atoms with Crippen molar-refractivity contribution in [1.29, 1.82) is 0 Å². The third kappa shape index (κ3) is 3.72. The van der Waals surface area contributed by atoms with E-state index in [1.54, 1.807) is 18.2 Å². The zero-order valence-electron chi connectivity index (χ0n) is 10.0. The first kappa shape index (κ1) is 14.4. The number of hydroxylamine groups is 1. The molecule has 2 rings (SSSR count). The fraction of sp³-hybridized carbons (Fsp3) is 0.250. The van der Waals surface area contributed by atoms with E-state index in [0.717, 1.165) is 0 Å². The van der Waals surface area contributed by atoms with Gasteiger partial charge in [0.25, 0.3) is 0 Å². The second-order valence-corrected chi connectivity index (χ2v) is 4.01. The molecule has 5 nitrogen and oxygen atoms in total. The quantitative estimate of drug-likeness (QED) is 0.654. The number of carboxylic acid groups (broad SMARTS) is 1. The highest BCUT2D eigenvalue weighted by molar-refractivity contribution is 5.91. The number of carboxylic acids is 1. The molecule has 0 saturated carbocycles. The van der Waals surface area contributed by atoms with E-state index in [-0.39, 0.29) is 12.3 Å². The van der Waals surface area contributed by atoms with Crippen LogP contribution >= 0.6 is 0 Å². The zero-order valence-corrected chi connectivity index (χ0v) is 10.0. The Morgan fingerprint density at radius 3 is 2.75 bits per heavy atom. The van der Waals surface area contributed by atoms with Gasteiger partial charge in [0.1, 0.15) is 5.58 Å². The maximum absolute atomic E-state index is 11.8. The number of benzene rings is 1. The average Bonchev–Trinajstić information content (AvgIpc) is 2.76. The molecule has 0 spiro atoms. The number of aromatic carboxylic acids is 1. The smallest absolute Gasteiger partial charge is 0.413 e. The van der Waals surface area contributed by atoms with Crippen LogP contribution in [-0.4, -0.2) is 23.9 Å². The van der Waals surface area contributed by atoms with E-state index in [0.29, 0.717) is 16.5 Å². The van der Waals surface area contributed by atoms with Crippen LogP contribution in [0.15, 0.2) is 28.7 Å². The number of hydrogen-bond donors (Lipinski definition) is 2. The van der Waals surface area contributed by atoms with Crippen molar-refractivity contribution in [2.75, 3.05) is 6.61 Å². The Kier molecular flexibility index (Phi) is 3.96. The van der Waals surface area contributed by atoms with Gasteiger partial charge >= 0.3 is 12.1 Å². The van der Waals surface area contributed by atoms with Crippen LogP contribution in [0, 0.1) is 0 Å². The van der Waals surface area contributed by atoms with E-state index < -0.39 is 18.8 Å². The Balaban J connectivity index is 1.99. The van der Waals surface area contributed by atoms with E-state index in [4.69, 9.17) is 9.52 Å². The first-order valence-corrected chi connectivity index (χ1v) is 5.52. The lowest BCUT2D eigenvalue weighted by Gasteiger charge is -2.08. The number of fused-ring (bicyclic) bond motifs is 1. The molecule has 0 aliphatic heterocycles. The molecule has 0 unspecified atom stereocenters. The highest BCUT2D eigenvalue weighted by Crippen LogP contribution is 2.21. The molecule has 2 N–H and O–H groups in total. The Bertz CT molecular complexity index is 621. The first-order valence-electron chi connectivity index (χ1n) is 5.52. The van der Waals surface area contributed by atoms with Crippen LogP contribution in [0.2, 0.25) is 0 Å². The van der Waals surface area contributed by atoms with Crippen molar-refractivity contribution >= 4 is 16.9 Å². The van der Waals surface area contributed by atoms with Crippen molar-refractivity contribution in [2.45, 2.75) is 12.7 Å². The van der Waals surface area contributed by atoms with Crippen molar-refractivity contribution in [2.24, 2.45) is 0 Å². The maximum atomic E-state index is 11.8. The topological polar surface area (TPSA) is 71.7 Å². The minimum Gasteiger partial charge on any atom is -0.475 e. The number of alkyl halides is 3. The number of halogens is 3. The first-order chi connectivity index (χ1) is 9.35. The number of rotatable bonds is 5. The second kappa shape index (κ2) is 5.51. The summed E-state index contributed by atoms with van der Waals surface area (Å²) in [5.74, 6) is -1.38. The summed E-state index contributed by atoms with van der Waals surface area (Å²) >= 11 is 0. The molecule has 1 aromatic heterocycles. The van der Waals surface area contributed by atoms with Gasteiger partial charge in [0.05, 0.1) is 0 Å². The summed E-state index contributed by atoms with van der Waals surface area (Å²) < 4.78 is 40.6. The van der Waals surface area contributed by atoms with Crippen molar-refractivity contribution in [3.05, 3.63) is 35.6 Å². The van der Waals surface area contributed by atoms with E-state index in [9.17, 15) is 18.0 Å². The fourth-order valence-electron chi connectivity index (χ4n) is 1.58. The van der Waals surface area contributed by atoms with E-state index in [1.807, 2.05) is 0 Å². The van der Waals surface area contributed by atoms with Gasteiger partial charge in [-0.15, -0.1) is 0 Å². The minimum absolute atomic E-state index is 0.0552. The molecule has 2 aromatic rings. The summed E-state index contributed by atoms with van der Waals surface area (Å²) in [5.41, 5.74) is 3.21. The van der Waals surface area contributed by atoms with Gasteiger partial charge in [0, 0.05) is 11.9 Å². The van der Waals surface area contributed by atoms with Gasteiger partial charge in [-0.1, -0.05) is 6.07 Å². The molecular formula is C12H10F3NO4. The molecule has 20 heavy (non-hydrogen) atoms. The number of hydrogen-bond acceptors (Lipinski definition) is 4. The molecule has 0 fully saturated rings. The molecule has 0 atom stereocenters. The molecule has 0 radical (unpaired) electrons. The minimum atomic E-state index is -4.39. The number of furan rings is 1. The normalized spacial score (nSPS) is 11.9. The van der Waals surface area contributed by atoms with Gasteiger partial charge in [-0.2, -0.15) is 18.7 Å². The van der Waals surface area contributed by atoms with E-state index >= 15 is 0 Å². The molecule has 8 heteroatoms. The molecular weight excluding hydrogens is 279 g/mol. The Hall–Kier alpha value is -2.06. The molecule has 1 aromatic carbocycles. The fourth-order valence-corrected chi connectivity index (χ4v) is 1.58. The van der Waals surface area contributed by atoms with Crippen LogP contribution in [-0.2, 0) is 11.4 Å². The molecule has 0 saturated heterocycles. The van der Waals surface area contributed by atoms with Crippen LogP contribution in [0.3, 0.4) is 0 Å². The largest absolute Gasteiger partial charge is 0.475 e. The summed E-state index contributed by atoms with van der Waals surface area (Å²) in [6.45, 7) is -1.33. The van der Waals surface area contributed by atoms with Gasteiger partial charge < -0.3 is 9.52 Å². The van der Waals surface area contributed by atoms with E-state index in [1.165, 1.54) is 6.07 Å². The van der Waals surface area contributed by atoms with E-state index in [2.05, 4.69) is 10.3 Å². The summed E-state index contributed by atoms with van der Waals surface area (Å²) in [7, 11) is 0. The van der Waals surface area contributed by atoms with Crippen molar-refractivity contribution in [1.82, 2.24) is 5.48 Å². The van der Waals surface area contributed by atoms with Crippen molar-refractivity contribution in [3.8, 4) is 0 Å². The van der Waals surface area contributed by atoms with Gasteiger partial charge in [0.15, 0.2) is 6.61 Å². The molecule has 0 amide bonds. The molecule has 0 aliphatic rings. The predicted octanol–water partition coefficient (Wildman–Crippen LogP) is 2.71. The SMILES string of the molecule is O=C(O)c1cc2cc(CNOCC(F)(F)F)ccc2o1. The van der Waals surface area contributed by atoms with Gasteiger partial charge in [-0.25, -0.2) is 4.79 Å². The average molecular weight is 289 g/mol. The molecule has 108 valence electrons. The van der Waals surface area contributed by atoms with Gasteiger partial charge in [-0.05, 0) is 23.8 Å². The molecule has 1 heterocycles. The zero-order chi connectivity index (χ0) is 14.8. The van der Waals surface area contributed by atoms with Crippen molar-refractivity contribution in [3.63, 3.8) is 0 Å². The van der Waals surface area contributed by atoms with Gasteiger partial charge in [0.2, 0.25) is 5.76 Å². The lowest BCUT2D eigenvalue weighted by Crippen LogP contribution is -2.24. The maximum Gasteiger partial charge on any atom is 0.413 e. The Labute approximate surface area is 110 Å². The highest BCUT2D eigenvalue weighted by atomic mass is 19.4. The highest BCUT2D eigenvalue weighted by Gasteiger charge is 2.27. The van der Waals surface area contributed by atoms with Crippen LogP contribution in [0.1, 0.15) is 16.1 Å². The Morgan fingerprint density at radius 1 is 1.35 bits per heavy atom. The predicted molar refractivity (Wildman–Crippen MR) is 62.0 cm³/mol. The number of carbonyl (C=O) groups is 1. The third-order valence-corrected chi connectivity index (χ3v) is 2.41. The van der Waals surface area contributed by atoms with Crippen LogP contribution in [0.4, 0.5) is 13.2 Å². The summed E-state index contributed by atoms with van der Waals surface area (Å²) in [6, 6.07) is 6.09. The standard InChI is InChI=1S/C12H10F3NO4/c13-12(14,15)6-19-16-5-7-1-2-9-8(3-7)4-10(20-9)11(17)18/h1-4,16H,5-6H2,(H,17,18). The summed E-state index contributed by atoms with van der Waals surface area (Å²) in [5, 5.41) is 9.33. The third-order valence-electron chi connectivity index (χ3n) is 2.41. The monoisotopic (exact) mass is 289 g/mol. The lowest BCUT2D eigenvalue weighted by atomic mass is 10.1. The summed E-state index contributed by atoms with van der Waals surface area (Å²) in [4.78, 5) is 15.0. The number of nitrogens with one attached hydrogen (secondary N) is 1. The lowest BCUT2D eigenvalue weighted by molar-refractivity contribution is -0.190. The summed E-state index contributed by atoms with van der Waals surface area (Å²) in [6.07, 6.45) is -4.39. The van der Waals surface area contributed by atoms with Crippen LogP contribution in [0.5, 0.6) is 0 Å². The van der Waals surface area contributed by atoms with Gasteiger partial charge in [-0.3, -0.25) is 4.84 Å². The van der Waals surface area contributed by atoms with Crippen LogP contribution < -0.4 is 5.48 Å². The second-order valence-electron chi connectivity index (χ2n) is 4.01. The van der Waals surface area contributed by atoms with Crippen LogP contribution in [0.25, 0.3) is 11.0 Å². The molecule has 0 aliphatic carbocycles. The van der Waals surface area contributed by atoms with Crippen molar-refractivity contribution < 1.29 is 32.3 Å². The molecule has 0 bridgehead atoms.